The normalized spacial score (nSPS) is 18.4. The van der Waals surface area contributed by atoms with Crippen molar-refractivity contribution in [3.05, 3.63) is 18.0 Å². The monoisotopic (exact) mass is 207 g/mol. The number of hydrogen-bond donors (Lipinski definition) is 1. The van der Waals surface area contributed by atoms with Crippen LogP contribution in [0.25, 0.3) is 0 Å². The van der Waals surface area contributed by atoms with Crippen LogP contribution in [0.3, 0.4) is 0 Å². The summed E-state index contributed by atoms with van der Waals surface area (Å²) in [7, 11) is 0. The van der Waals surface area contributed by atoms with Crippen molar-refractivity contribution in [1.29, 1.82) is 0 Å². The number of nitrogens with zero attached hydrogens (tertiary/aromatic N) is 2. The van der Waals surface area contributed by atoms with Gasteiger partial charge in [0.25, 0.3) is 0 Å². The van der Waals surface area contributed by atoms with Crippen LogP contribution in [0.4, 0.5) is 0 Å². The van der Waals surface area contributed by atoms with Crippen molar-refractivity contribution in [3.8, 4) is 0 Å². The maximum atomic E-state index is 6.12. The van der Waals surface area contributed by atoms with Gasteiger partial charge < -0.3 is 5.73 Å². The Bertz CT molecular complexity index is 312. The summed E-state index contributed by atoms with van der Waals surface area (Å²) in [5, 5.41) is 4.36. The van der Waals surface area contributed by atoms with Crippen molar-refractivity contribution in [2.75, 3.05) is 0 Å². The first-order valence-corrected chi connectivity index (χ1v) is 5.94. The zero-order chi connectivity index (χ0) is 10.8. The zero-order valence-corrected chi connectivity index (χ0v) is 9.69. The van der Waals surface area contributed by atoms with E-state index in [1.54, 1.807) is 0 Å². The Morgan fingerprint density at radius 3 is 2.87 bits per heavy atom. The fourth-order valence-corrected chi connectivity index (χ4v) is 1.79. The molecule has 1 aliphatic carbocycles. The number of nitrogens with two attached hydrogens (primary N) is 1. The highest BCUT2D eigenvalue weighted by molar-refractivity contribution is 5.13. The molecule has 3 heteroatoms. The second-order valence-electron chi connectivity index (χ2n) is 5.08. The van der Waals surface area contributed by atoms with E-state index in [1.165, 1.54) is 24.8 Å². The third kappa shape index (κ3) is 2.81. The molecule has 0 unspecified atom stereocenters. The molecule has 2 N–H and O–H groups in total. The molecule has 84 valence electrons. The summed E-state index contributed by atoms with van der Waals surface area (Å²) in [6.07, 6.45) is 7.81. The molecule has 1 saturated carbocycles. The second kappa shape index (κ2) is 4.35. The maximum absolute atomic E-state index is 6.12. The van der Waals surface area contributed by atoms with Crippen molar-refractivity contribution in [1.82, 2.24) is 9.78 Å². The van der Waals surface area contributed by atoms with E-state index in [0.717, 1.165) is 12.5 Å². The molecule has 1 aromatic rings. The molecule has 2 rings (SSSR count). The van der Waals surface area contributed by atoms with Gasteiger partial charge in [-0.15, -0.1) is 0 Å². The van der Waals surface area contributed by atoms with Gasteiger partial charge in [0, 0.05) is 24.3 Å². The number of hydrogen-bond acceptors (Lipinski definition) is 2. The lowest BCUT2D eigenvalue weighted by molar-refractivity contribution is 0.486. The average Bonchev–Trinajstić information content (AvgIpc) is 2.93. The van der Waals surface area contributed by atoms with E-state index in [2.05, 4.69) is 25.1 Å². The lowest BCUT2D eigenvalue weighted by Crippen LogP contribution is -2.11. The topological polar surface area (TPSA) is 43.8 Å². The van der Waals surface area contributed by atoms with Gasteiger partial charge in [0.15, 0.2) is 0 Å². The Kier molecular flexibility index (Phi) is 3.10. The van der Waals surface area contributed by atoms with E-state index in [1.807, 2.05) is 10.9 Å². The molecule has 0 spiro atoms. The first kappa shape index (κ1) is 10.7. The Labute approximate surface area is 91.7 Å². The highest BCUT2D eigenvalue weighted by Crippen LogP contribution is 2.39. The fourth-order valence-electron chi connectivity index (χ4n) is 1.79. The van der Waals surface area contributed by atoms with Crippen LogP contribution in [-0.2, 0) is 6.54 Å². The average molecular weight is 207 g/mol. The molecule has 0 saturated heterocycles. The quantitative estimate of drug-likeness (QED) is 0.805. The summed E-state index contributed by atoms with van der Waals surface area (Å²) in [5.74, 6) is 1.45. The van der Waals surface area contributed by atoms with E-state index in [9.17, 15) is 0 Å². The van der Waals surface area contributed by atoms with Crippen LogP contribution in [-0.4, -0.2) is 9.78 Å². The van der Waals surface area contributed by atoms with Gasteiger partial charge in [0.1, 0.15) is 0 Å². The van der Waals surface area contributed by atoms with Crippen LogP contribution in [0.1, 0.15) is 44.7 Å². The molecule has 1 fully saturated rings. The molecule has 15 heavy (non-hydrogen) atoms. The van der Waals surface area contributed by atoms with E-state index in [-0.39, 0.29) is 6.04 Å². The summed E-state index contributed by atoms with van der Waals surface area (Å²) < 4.78 is 2.03. The van der Waals surface area contributed by atoms with Crippen LogP contribution in [0.5, 0.6) is 0 Å². The zero-order valence-electron chi connectivity index (χ0n) is 9.69. The minimum Gasteiger partial charge on any atom is -0.324 e. The Morgan fingerprint density at radius 2 is 2.27 bits per heavy atom. The minimum absolute atomic E-state index is 0.220. The number of aryl methyl sites for hydroxylation is 1. The molecule has 1 heterocycles. The van der Waals surface area contributed by atoms with Crippen LogP contribution in [0.2, 0.25) is 0 Å². The largest absolute Gasteiger partial charge is 0.324 e. The second-order valence-corrected chi connectivity index (χ2v) is 5.08. The molecule has 1 atom stereocenters. The SMILES string of the molecule is CC(C)CCn1cc([C@H](N)C2CC2)cn1. The van der Waals surface area contributed by atoms with Crippen molar-refractivity contribution >= 4 is 0 Å². The third-order valence-electron chi connectivity index (χ3n) is 3.10. The van der Waals surface area contributed by atoms with Crippen LogP contribution in [0.15, 0.2) is 12.4 Å². The third-order valence-corrected chi connectivity index (χ3v) is 3.10. The molecule has 0 bridgehead atoms. The maximum Gasteiger partial charge on any atom is 0.0537 e. The fraction of sp³-hybridized carbons (Fsp3) is 0.750. The lowest BCUT2D eigenvalue weighted by atomic mass is 10.1. The molecule has 0 radical (unpaired) electrons. The van der Waals surface area contributed by atoms with Gasteiger partial charge in [-0.1, -0.05) is 13.8 Å². The molecular weight excluding hydrogens is 186 g/mol. The molecule has 0 aromatic carbocycles. The highest BCUT2D eigenvalue weighted by Gasteiger charge is 2.30. The van der Waals surface area contributed by atoms with Gasteiger partial charge in [-0.3, -0.25) is 4.68 Å². The lowest BCUT2D eigenvalue weighted by Gasteiger charge is -2.06. The predicted molar refractivity (Wildman–Crippen MR) is 61.3 cm³/mol. The summed E-state index contributed by atoms with van der Waals surface area (Å²) in [4.78, 5) is 0. The molecule has 1 aromatic heterocycles. The molecule has 3 nitrogen and oxygen atoms in total. The standard InChI is InChI=1S/C12H21N3/c1-9(2)5-6-15-8-11(7-14-15)12(13)10-3-4-10/h7-10,12H,3-6,13H2,1-2H3/t12-/m1/s1. The number of aromatic nitrogens is 2. The highest BCUT2D eigenvalue weighted by atomic mass is 15.3. The van der Waals surface area contributed by atoms with Crippen molar-refractivity contribution in [2.45, 2.75) is 45.7 Å². The smallest absolute Gasteiger partial charge is 0.0537 e. The van der Waals surface area contributed by atoms with E-state index >= 15 is 0 Å². The summed E-state index contributed by atoms with van der Waals surface area (Å²) in [5.41, 5.74) is 7.33. The van der Waals surface area contributed by atoms with Gasteiger partial charge in [0.05, 0.1) is 6.20 Å². The first-order chi connectivity index (χ1) is 7.16. The van der Waals surface area contributed by atoms with Gasteiger partial charge >= 0.3 is 0 Å². The van der Waals surface area contributed by atoms with Gasteiger partial charge in [-0.2, -0.15) is 5.10 Å². The molecule has 1 aliphatic rings. The Morgan fingerprint density at radius 1 is 1.53 bits per heavy atom. The van der Waals surface area contributed by atoms with E-state index in [0.29, 0.717) is 5.92 Å². The van der Waals surface area contributed by atoms with Crippen molar-refractivity contribution in [2.24, 2.45) is 17.6 Å². The Balaban J connectivity index is 1.91. The van der Waals surface area contributed by atoms with Crippen molar-refractivity contribution < 1.29 is 0 Å². The predicted octanol–water partition coefficient (Wildman–Crippen LogP) is 2.34. The van der Waals surface area contributed by atoms with Gasteiger partial charge in [-0.05, 0) is 31.1 Å². The van der Waals surface area contributed by atoms with Gasteiger partial charge in [-0.25, -0.2) is 0 Å². The summed E-state index contributed by atoms with van der Waals surface area (Å²) in [6, 6.07) is 0.220. The summed E-state index contributed by atoms with van der Waals surface area (Å²) >= 11 is 0. The molecule has 0 amide bonds. The van der Waals surface area contributed by atoms with Crippen LogP contribution >= 0.6 is 0 Å². The molecular formula is C12H21N3. The number of rotatable bonds is 5. The first-order valence-electron chi connectivity index (χ1n) is 5.94. The minimum atomic E-state index is 0.220. The summed E-state index contributed by atoms with van der Waals surface area (Å²) in [6.45, 7) is 5.48. The van der Waals surface area contributed by atoms with Gasteiger partial charge in [0.2, 0.25) is 0 Å². The van der Waals surface area contributed by atoms with Crippen molar-refractivity contribution in [3.63, 3.8) is 0 Å². The van der Waals surface area contributed by atoms with E-state index in [4.69, 9.17) is 5.73 Å². The molecule has 0 aliphatic heterocycles. The van der Waals surface area contributed by atoms with Crippen LogP contribution in [0, 0.1) is 11.8 Å². The Hall–Kier alpha value is -0.830. The van der Waals surface area contributed by atoms with Crippen LogP contribution < -0.4 is 5.73 Å². The van der Waals surface area contributed by atoms with E-state index < -0.39 is 0 Å².